The largest absolute Gasteiger partial charge is 0.508 e. The second-order valence-electron chi connectivity index (χ2n) is 9.42. The van der Waals surface area contributed by atoms with Gasteiger partial charge in [0, 0.05) is 35.7 Å². The molecule has 4 atom stereocenters. The number of carbonyl (C=O) groups excluding carboxylic acids is 4. The van der Waals surface area contributed by atoms with E-state index >= 15 is 0 Å². The molecule has 10 N–H and O–H groups in total. The summed E-state index contributed by atoms with van der Waals surface area (Å²) in [5, 5.41) is 27.5. The molecular weight excluding hydrogens is 552 g/mol. The van der Waals surface area contributed by atoms with Crippen LogP contribution in [0, 0.1) is 0 Å². The highest BCUT2D eigenvalue weighted by Crippen LogP contribution is 2.19. The van der Waals surface area contributed by atoms with E-state index in [4.69, 9.17) is 11.5 Å². The maximum absolute atomic E-state index is 13.4. The Kier molecular flexibility index (Phi) is 10.7. The number of H-pyrrole nitrogens is 1. The van der Waals surface area contributed by atoms with Crippen LogP contribution in [0.15, 0.2) is 54.7 Å². The van der Waals surface area contributed by atoms with Gasteiger partial charge in [-0.1, -0.05) is 30.3 Å². The van der Waals surface area contributed by atoms with Gasteiger partial charge in [0.1, 0.15) is 23.9 Å². The van der Waals surface area contributed by atoms with E-state index in [1.54, 1.807) is 6.20 Å². The van der Waals surface area contributed by atoms with Crippen LogP contribution in [0.2, 0.25) is 0 Å². The second kappa shape index (κ2) is 14.2. The lowest BCUT2D eigenvalue weighted by molar-refractivity contribution is -0.142. The Bertz CT molecular complexity index is 1410. The third kappa shape index (κ3) is 8.71. The molecule has 1 heterocycles. The maximum atomic E-state index is 13.4. The summed E-state index contributed by atoms with van der Waals surface area (Å²) in [4.78, 5) is 65.2. The van der Waals surface area contributed by atoms with Crippen molar-refractivity contribution in [2.45, 2.75) is 43.4 Å². The van der Waals surface area contributed by atoms with Crippen molar-refractivity contribution in [3.05, 3.63) is 65.9 Å². The zero-order chi connectivity index (χ0) is 30.1. The number of aromatic hydroxyl groups is 1. The van der Waals surface area contributed by atoms with E-state index < -0.39 is 60.2 Å². The number of fused-ring (bicyclic) bond motifs is 1. The van der Waals surface area contributed by atoms with E-state index in [9.17, 15) is 34.2 Å². The number of carboxylic acid groups (broad SMARTS) is 1. The molecule has 14 heteroatoms. The summed E-state index contributed by atoms with van der Waals surface area (Å²) in [5.74, 6) is -4.61. The van der Waals surface area contributed by atoms with Crippen LogP contribution < -0.4 is 27.4 Å². The summed E-state index contributed by atoms with van der Waals surface area (Å²) < 4.78 is 0. The molecule has 0 radical (unpaired) electrons. The molecule has 0 fully saturated rings. The molecule has 0 aliphatic carbocycles. The van der Waals surface area contributed by atoms with Gasteiger partial charge in [0.25, 0.3) is 0 Å². The number of amides is 4. The number of aliphatic carboxylic acids is 1. The number of para-hydroxylation sites is 1. The monoisotopic (exact) mass is 584 g/mol. The number of primary amides is 1. The van der Waals surface area contributed by atoms with Gasteiger partial charge >= 0.3 is 5.97 Å². The Labute approximate surface area is 240 Å². The summed E-state index contributed by atoms with van der Waals surface area (Å²) in [6.45, 7) is 0. The lowest BCUT2D eigenvalue weighted by atomic mass is 10.0. The van der Waals surface area contributed by atoms with Gasteiger partial charge in [0.05, 0.1) is 12.5 Å². The van der Waals surface area contributed by atoms with Gasteiger partial charge < -0.3 is 42.6 Å². The van der Waals surface area contributed by atoms with Crippen molar-refractivity contribution < 1.29 is 34.2 Å². The fourth-order valence-corrected chi connectivity index (χ4v) is 4.38. The highest BCUT2D eigenvalue weighted by Gasteiger charge is 2.31. The Morgan fingerprint density at radius 3 is 2.10 bits per heavy atom. The van der Waals surface area contributed by atoms with E-state index in [-0.39, 0.29) is 24.3 Å². The number of hydrogen-bond acceptors (Lipinski definition) is 8. The van der Waals surface area contributed by atoms with E-state index in [0.29, 0.717) is 11.1 Å². The number of phenolic OH excluding ortho intramolecular Hbond substituents is 1. The molecule has 41 heavy (non-hydrogen) atoms. The number of carbonyl (C=O) groups is 5. The van der Waals surface area contributed by atoms with Crippen LogP contribution in [0.4, 0.5) is 0 Å². The Morgan fingerprint density at radius 1 is 0.854 bits per heavy atom. The minimum Gasteiger partial charge on any atom is -0.508 e. The average molecular weight is 585 g/mol. The molecule has 0 saturated carbocycles. The number of benzene rings is 2. The molecule has 0 aliphatic rings. The van der Waals surface area contributed by atoms with Gasteiger partial charge in [0.15, 0.2) is 0 Å². The van der Waals surface area contributed by atoms with Crippen molar-refractivity contribution in [3.8, 4) is 5.75 Å². The van der Waals surface area contributed by atoms with Crippen LogP contribution in [0.1, 0.15) is 17.5 Å². The number of aromatic nitrogens is 1. The van der Waals surface area contributed by atoms with Crippen molar-refractivity contribution in [2.24, 2.45) is 11.5 Å². The number of thiol groups is 1. The van der Waals surface area contributed by atoms with E-state index in [2.05, 4.69) is 33.6 Å². The van der Waals surface area contributed by atoms with E-state index in [0.717, 1.165) is 10.9 Å². The summed E-state index contributed by atoms with van der Waals surface area (Å²) in [5.41, 5.74) is 12.8. The summed E-state index contributed by atoms with van der Waals surface area (Å²) in [6.07, 6.45) is 1.16. The number of aromatic amines is 1. The predicted molar refractivity (Wildman–Crippen MR) is 153 cm³/mol. The molecule has 3 rings (SSSR count). The minimum absolute atomic E-state index is 0.00702. The third-order valence-electron chi connectivity index (χ3n) is 6.30. The molecule has 4 unspecified atom stereocenters. The third-order valence-corrected chi connectivity index (χ3v) is 6.66. The van der Waals surface area contributed by atoms with E-state index in [1.165, 1.54) is 24.3 Å². The number of phenols is 1. The molecule has 0 spiro atoms. The SMILES string of the molecule is NC(=O)CC(N)C(=O)NC(CS)C(=O)NC(Cc1c[nH]c2ccccc12)C(=O)NC(Cc1ccc(O)cc1)C(=O)O. The minimum atomic E-state index is -1.35. The van der Waals surface area contributed by atoms with Crippen molar-refractivity contribution >= 4 is 53.1 Å². The molecule has 0 bridgehead atoms. The fourth-order valence-electron chi connectivity index (χ4n) is 4.12. The molecular formula is C27H32N6O7S. The van der Waals surface area contributed by atoms with Gasteiger partial charge in [-0.3, -0.25) is 19.2 Å². The molecule has 13 nitrogen and oxygen atoms in total. The topological polar surface area (TPSA) is 230 Å². The lowest BCUT2D eigenvalue weighted by Crippen LogP contribution is -2.58. The van der Waals surface area contributed by atoms with Crippen molar-refractivity contribution in [3.63, 3.8) is 0 Å². The van der Waals surface area contributed by atoms with Gasteiger partial charge in [-0.25, -0.2) is 4.79 Å². The van der Waals surface area contributed by atoms with Gasteiger partial charge in [0.2, 0.25) is 23.6 Å². The normalized spacial score (nSPS) is 13.9. The van der Waals surface area contributed by atoms with Crippen LogP contribution in [-0.2, 0) is 36.8 Å². The van der Waals surface area contributed by atoms with Gasteiger partial charge in [-0.15, -0.1) is 0 Å². The molecule has 2 aromatic carbocycles. The zero-order valence-electron chi connectivity index (χ0n) is 21.9. The number of nitrogens with one attached hydrogen (secondary N) is 4. The molecule has 3 aromatic rings. The number of nitrogens with two attached hydrogens (primary N) is 2. The highest BCUT2D eigenvalue weighted by molar-refractivity contribution is 7.80. The Hall–Kier alpha value is -4.56. The van der Waals surface area contributed by atoms with Crippen molar-refractivity contribution in [1.82, 2.24) is 20.9 Å². The summed E-state index contributed by atoms with van der Waals surface area (Å²) in [6, 6.07) is 8.08. The molecule has 0 saturated heterocycles. The molecule has 1 aromatic heterocycles. The molecule has 218 valence electrons. The van der Waals surface area contributed by atoms with Crippen molar-refractivity contribution in [1.29, 1.82) is 0 Å². The Morgan fingerprint density at radius 2 is 1.46 bits per heavy atom. The number of carboxylic acids is 1. The smallest absolute Gasteiger partial charge is 0.326 e. The quantitative estimate of drug-likeness (QED) is 0.110. The predicted octanol–water partition coefficient (Wildman–Crippen LogP) is -0.670. The average Bonchev–Trinajstić information content (AvgIpc) is 3.34. The van der Waals surface area contributed by atoms with Gasteiger partial charge in [-0.2, -0.15) is 12.6 Å². The van der Waals surface area contributed by atoms with E-state index in [1.807, 2.05) is 24.3 Å². The number of rotatable bonds is 14. The standard InChI is InChI=1S/C27H32N6O7S/c28-18(11-23(29)35)24(36)33-22(13-41)26(38)31-20(10-15-12-30-19-4-2-1-3-17(15)19)25(37)32-21(27(39)40)9-14-5-7-16(34)8-6-14/h1-8,12,18,20-22,30,34,41H,9-11,13,28H2,(H2,29,35)(H,31,38)(H,32,37)(H,33,36)(H,39,40). The summed E-state index contributed by atoms with van der Waals surface area (Å²) >= 11 is 4.12. The first-order valence-electron chi connectivity index (χ1n) is 12.6. The summed E-state index contributed by atoms with van der Waals surface area (Å²) in [7, 11) is 0. The zero-order valence-corrected chi connectivity index (χ0v) is 22.8. The number of hydrogen-bond donors (Lipinski definition) is 9. The van der Waals surface area contributed by atoms with Crippen LogP contribution in [-0.4, -0.2) is 74.7 Å². The molecule has 4 amide bonds. The maximum Gasteiger partial charge on any atom is 0.326 e. The second-order valence-corrected chi connectivity index (χ2v) is 9.78. The van der Waals surface area contributed by atoms with Crippen LogP contribution in [0.5, 0.6) is 5.75 Å². The lowest BCUT2D eigenvalue weighted by Gasteiger charge is -2.24. The first-order chi connectivity index (χ1) is 19.5. The fraction of sp³-hybridized carbons (Fsp3) is 0.296. The van der Waals surface area contributed by atoms with Crippen LogP contribution in [0.3, 0.4) is 0 Å². The van der Waals surface area contributed by atoms with Gasteiger partial charge in [-0.05, 0) is 29.3 Å². The Balaban J connectivity index is 1.82. The molecule has 0 aliphatic heterocycles. The van der Waals surface area contributed by atoms with Crippen molar-refractivity contribution in [2.75, 3.05) is 5.75 Å². The first kappa shape index (κ1) is 31.0. The van der Waals surface area contributed by atoms with Crippen LogP contribution >= 0.6 is 12.6 Å². The highest BCUT2D eigenvalue weighted by atomic mass is 32.1. The van der Waals surface area contributed by atoms with Crippen LogP contribution in [0.25, 0.3) is 10.9 Å². The first-order valence-corrected chi connectivity index (χ1v) is 13.2.